The van der Waals surface area contributed by atoms with Crippen molar-refractivity contribution >= 4 is 0 Å². The Kier molecular flexibility index (Phi) is 2.74. The molecule has 0 spiro atoms. The van der Waals surface area contributed by atoms with Crippen LogP contribution in [-0.4, -0.2) is 12.1 Å². The normalized spacial score (nSPS) is 20.2. The summed E-state index contributed by atoms with van der Waals surface area (Å²) in [6.07, 6.45) is 3.45. The molecule has 12 heavy (non-hydrogen) atoms. The van der Waals surface area contributed by atoms with Gasteiger partial charge in [-0.15, -0.1) is 0 Å². The fourth-order valence-electron chi connectivity index (χ4n) is 1.29. The van der Waals surface area contributed by atoms with Crippen LogP contribution in [-0.2, 0) is 0 Å². The van der Waals surface area contributed by atoms with Crippen LogP contribution < -0.4 is 5.32 Å². The van der Waals surface area contributed by atoms with Gasteiger partial charge in [0.05, 0.1) is 12.1 Å². The lowest BCUT2D eigenvalue weighted by molar-refractivity contribution is 0.337. The van der Waals surface area contributed by atoms with E-state index in [0.29, 0.717) is 6.04 Å². The fourth-order valence-corrected chi connectivity index (χ4v) is 1.29. The highest BCUT2D eigenvalue weighted by Crippen LogP contribution is 2.24. The van der Waals surface area contributed by atoms with Crippen LogP contribution in [0.3, 0.4) is 0 Å². The summed E-state index contributed by atoms with van der Waals surface area (Å²) in [4.78, 5) is 0. The highest BCUT2D eigenvalue weighted by Gasteiger charge is 2.26. The van der Waals surface area contributed by atoms with Crippen molar-refractivity contribution in [2.45, 2.75) is 52.1 Å². The quantitative estimate of drug-likeness (QED) is 0.696. The van der Waals surface area contributed by atoms with Crippen LogP contribution in [0.1, 0.15) is 40.0 Å². The van der Waals surface area contributed by atoms with Crippen molar-refractivity contribution in [3.63, 3.8) is 0 Å². The number of nitrogens with zero attached hydrogens (tertiary/aromatic N) is 1. The van der Waals surface area contributed by atoms with Gasteiger partial charge in [0.2, 0.25) is 0 Å². The molecule has 0 aromatic carbocycles. The molecule has 1 atom stereocenters. The van der Waals surface area contributed by atoms with E-state index >= 15 is 0 Å². The predicted octanol–water partition coefficient (Wildman–Crippen LogP) is 2.07. The van der Waals surface area contributed by atoms with Crippen molar-refractivity contribution < 1.29 is 0 Å². The van der Waals surface area contributed by atoms with Gasteiger partial charge in [-0.25, -0.2) is 0 Å². The molecule has 68 valence electrons. The second-order valence-electron chi connectivity index (χ2n) is 4.89. The smallest absolute Gasteiger partial charge is 0.0960 e. The molecular weight excluding hydrogens is 148 g/mol. The first kappa shape index (κ1) is 9.54. The van der Waals surface area contributed by atoms with E-state index in [2.05, 4.69) is 32.2 Å². The van der Waals surface area contributed by atoms with E-state index in [0.717, 1.165) is 6.42 Å². The Morgan fingerprint density at radius 2 is 2.08 bits per heavy atom. The van der Waals surface area contributed by atoms with Gasteiger partial charge < -0.3 is 0 Å². The molecule has 0 amide bonds. The van der Waals surface area contributed by atoms with Gasteiger partial charge in [-0.3, -0.25) is 5.32 Å². The van der Waals surface area contributed by atoms with E-state index in [9.17, 15) is 0 Å². The Morgan fingerprint density at radius 3 is 2.42 bits per heavy atom. The molecule has 1 unspecified atom stereocenters. The van der Waals surface area contributed by atoms with Crippen LogP contribution >= 0.6 is 0 Å². The Labute approximate surface area is 75.0 Å². The zero-order valence-corrected chi connectivity index (χ0v) is 8.22. The number of rotatable bonds is 3. The third-order valence-corrected chi connectivity index (χ3v) is 1.99. The first-order chi connectivity index (χ1) is 5.51. The second-order valence-corrected chi connectivity index (χ2v) is 4.89. The van der Waals surface area contributed by atoms with Gasteiger partial charge in [-0.2, -0.15) is 5.26 Å². The maximum Gasteiger partial charge on any atom is 0.0960 e. The van der Waals surface area contributed by atoms with Gasteiger partial charge in [0.25, 0.3) is 0 Å². The molecular formula is C10H18N2. The van der Waals surface area contributed by atoms with E-state index < -0.39 is 0 Å². The van der Waals surface area contributed by atoms with Crippen molar-refractivity contribution in [2.24, 2.45) is 5.41 Å². The number of hydrogen-bond donors (Lipinski definition) is 1. The minimum absolute atomic E-state index is 0.0532. The molecule has 0 bridgehead atoms. The number of nitrogens with one attached hydrogen (secondary N) is 1. The molecule has 0 aliphatic heterocycles. The Morgan fingerprint density at radius 1 is 1.50 bits per heavy atom. The SMILES string of the molecule is CC(C)(C)CC(C#N)NC1CC1. The summed E-state index contributed by atoms with van der Waals surface area (Å²) in [7, 11) is 0. The fraction of sp³-hybridized carbons (Fsp3) is 0.900. The van der Waals surface area contributed by atoms with E-state index in [1.54, 1.807) is 0 Å². The van der Waals surface area contributed by atoms with E-state index in [1.807, 2.05) is 0 Å². The lowest BCUT2D eigenvalue weighted by Gasteiger charge is -2.22. The van der Waals surface area contributed by atoms with Crippen molar-refractivity contribution in [2.75, 3.05) is 0 Å². The summed E-state index contributed by atoms with van der Waals surface area (Å²) in [5.74, 6) is 0. The molecule has 0 aromatic rings. The zero-order chi connectivity index (χ0) is 9.19. The molecule has 1 rings (SSSR count). The molecule has 1 fully saturated rings. The molecule has 0 radical (unpaired) electrons. The van der Waals surface area contributed by atoms with Gasteiger partial charge >= 0.3 is 0 Å². The number of hydrogen-bond acceptors (Lipinski definition) is 2. The molecule has 2 heteroatoms. The molecule has 1 aliphatic carbocycles. The molecule has 2 nitrogen and oxygen atoms in total. The lowest BCUT2D eigenvalue weighted by Crippen LogP contribution is -2.33. The maximum absolute atomic E-state index is 8.85. The Balaban J connectivity index is 2.30. The predicted molar refractivity (Wildman–Crippen MR) is 49.6 cm³/mol. The third-order valence-electron chi connectivity index (χ3n) is 1.99. The van der Waals surface area contributed by atoms with Crippen molar-refractivity contribution in [1.29, 1.82) is 5.26 Å². The second kappa shape index (κ2) is 3.45. The average Bonchev–Trinajstić information content (AvgIpc) is 2.67. The average molecular weight is 166 g/mol. The summed E-state index contributed by atoms with van der Waals surface area (Å²) >= 11 is 0. The molecule has 0 heterocycles. The minimum Gasteiger partial charge on any atom is -0.299 e. The van der Waals surface area contributed by atoms with Gasteiger partial charge in [0.1, 0.15) is 0 Å². The van der Waals surface area contributed by atoms with E-state index in [1.165, 1.54) is 12.8 Å². The summed E-state index contributed by atoms with van der Waals surface area (Å²) in [6.45, 7) is 6.52. The van der Waals surface area contributed by atoms with Gasteiger partial charge in [0, 0.05) is 6.04 Å². The third kappa shape index (κ3) is 3.73. The Bertz CT molecular complexity index is 181. The van der Waals surface area contributed by atoms with Crippen molar-refractivity contribution in [3.05, 3.63) is 0 Å². The summed E-state index contributed by atoms with van der Waals surface area (Å²) < 4.78 is 0. The van der Waals surface area contributed by atoms with Gasteiger partial charge in [-0.1, -0.05) is 20.8 Å². The highest BCUT2D eigenvalue weighted by atomic mass is 15.0. The highest BCUT2D eigenvalue weighted by molar-refractivity contribution is 4.97. The van der Waals surface area contributed by atoms with Crippen LogP contribution in [0.15, 0.2) is 0 Å². The van der Waals surface area contributed by atoms with E-state index in [-0.39, 0.29) is 11.5 Å². The number of nitriles is 1. The van der Waals surface area contributed by atoms with Crippen molar-refractivity contribution in [1.82, 2.24) is 5.32 Å². The molecule has 1 N–H and O–H groups in total. The van der Waals surface area contributed by atoms with Crippen LogP contribution in [0.25, 0.3) is 0 Å². The monoisotopic (exact) mass is 166 g/mol. The zero-order valence-electron chi connectivity index (χ0n) is 8.22. The topological polar surface area (TPSA) is 35.8 Å². The largest absolute Gasteiger partial charge is 0.299 e. The molecule has 1 aliphatic rings. The van der Waals surface area contributed by atoms with E-state index in [4.69, 9.17) is 5.26 Å². The molecule has 0 saturated heterocycles. The lowest BCUT2D eigenvalue weighted by atomic mass is 9.88. The van der Waals surface area contributed by atoms with Crippen LogP contribution in [0.4, 0.5) is 0 Å². The van der Waals surface area contributed by atoms with Crippen LogP contribution in [0, 0.1) is 16.7 Å². The van der Waals surface area contributed by atoms with Crippen LogP contribution in [0.5, 0.6) is 0 Å². The maximum atomic E-state index is 8.85. The first-order valence-electron chi connectivity index (χ1n) is 4.67. The van der Waals surface area contributed by atoms with Gasteiger partial charge in [-0.05, 0) is 24.7 Å². The van der Waals surface area contributed by atoms with Crippen molar-refractivity contribution in [3.8, 4) is 6.07 Å². The summed E-state index contributed by atoms with van der Waals surface area (Å²) in [5.41, 5.74) is 0.252. The first-order valence-corrected chi connectivity index (χ1v) is 4.67. The summed E-state index contributed by atoms with van der Waals surface area (Å²) in [6, 6.07) is 3.01. The summed E-state index contributed by atoms with van der Waals surface area (Å²) in [5, 5.41) is 12.2. The molecule has 1 saturated carbocycles. The van der Waals surface area contributed by atoms with Crippen LogP contribution in [0.2, 0.25) is 0 Å². The van der Waals surface area contributed by atoms with Gasteiger partial charge in [0.15, 0.2) is 0 Å². The molecule has 0 aromatic heterocycles. The minimum atomic E-state index is 0.0532. The standard InChI is InChI=1S/C10H18N2/c1-10(2,3)6-9(7-11)12-8-4-5-8/h8-9,12H,4-6H2,1-3H3. The Hall–Kier alpha value is -0.550.